The van der Waals surface area contributed by atoms with Crippen molar-refractivity contribution in [3.8, 4) is 11.5 Å². The van der Waals surface area contributed by atoms with Gasteiger partial charge >= 0.3 is 0 Å². The van der Waals surface area contributed by atoms with E-state index in [1.54, 1.807) is 21.9 Å². The highest BCUT2D eigenvalue weighted by Gasteiger charge is 2.41. The Labute approximate surface area is 201 Å². The number of amides is 2. The number of methoxy groups -OCH3 is 2. The molecule has 9 nitrogen and oxygen atoms in total. The highest BCUT2D eigenvalue weighted by molar-refractivity contribution is 6.32. The lowest BCUT2D eigenvalue weighted by atomic mass is 10.1. The summed E-state index contributed by atoms with van der Waals surface area (Å²) in [6.07, 6.45) is 0.0916. The van der Waals surface area contributed by atoms with E-state index in [2.05, 4.69) is 0 Å². The van der Waals surface area contributed by atoms with Crippen LogP contribution in [0.3, 0.4) is 0 Å². The van der Waals surface area contributed by atoms with E-state index in [0.29, 0.717) is 46.9 Å². The normalized spacial score (nSPS) is 17.8. The van der Waals surface area contributed by atoms with Crippen molar-refractivity contribution in [3.05, 3.63) is 41.4 Å². The van der Waals surface area contributed by atoms with Gasteiger partial charge in [0.25, 0.3) is 0 Å². The van der Waals surface area contributed by atoms with Gasteiger partial charge in [-0.15, -0.1) is 0 Å². The Morgan fingerprint density at radius 1 is 1.03 bits per heavy atom. The van der Waals surface area contributed by atoms with Crippen molar-refractivity contribution in [1.82, 2.24) is 9.97 Å². The van der Waals surface area contributed by atoms with Crippen LogP contribution in [-0.2, 0) is 9.59 Å². The van der Waals surface area contributed by atoms with E-state index >= 15 is 0 Å². The van der Waals surface area contributed by atoms with Gasteiger partial charge in [0.1, 0.15) is 11.5 Å². The number of carbonyl (C=O) groups excluding carboxylic acids is 2. The summed E-state index contributed by atoms with van der Waals surface area (Å²) in [6, 6.07) is 10.8. The van der Waals surface area contributed by atoms with Crippen LogP contribution in [-0.4, -0.2) is 62.7 Å². The van der Waals surface area contributed by atoms with Crippen LogP contribution in [0.2, 0.25) is 5.02 Å². The lowest BCUT2D eigenvalue weighted by molar-refractivity contribution is -0.124. The molecule has 2 aromatic carbocycles. The summed E-state index contributed by atoms with van der Waals surface area (Å²) in [5.41, 5.74) is 2.00. The minimum atomic E-state index is -0.525. The predicted molar refractivity (Wildman–Crippen MR) is 130 cm³/mol. The molecule has 0 spiro atoms. The first kappa shape index (κ1) is 22.2. The third kappa shape index (κ3) is 3.66. The number of anilines is 3. The van der Waals surface area contributed by atoms with Gasteiger partial charge in [-0.25, -0.2) is 9.97 Å². The summed E-state index contributed by atoms with van der Waals surface area (Å²) in [7, 11) is 4.96. The predicted octanol–water partition coefficient (Wildman–Crippen LogP) is 3.14. The van der Waals surface area contributed by atoms with Crippen LogP contribution in [0.5, 0.6) is 11.5 Å². The largest absolute Gasteiger partial charge is 0.495 e. The number of fused-ring (bicyclic) bond motifs is 2. The lowest BCUT2D eigenvalue weighted by Crippen LogP contribution is -2.46. The smallest absolute Gasteiger partial charge is 0.233 e. The van der Waals surface area contributed by atoms with Gasteiger partial charge in [0.05, 0.1) is 41.9 Å². The van der Waals surface area contributed by atoms with Crippen molar-refractivity contribution in [3.63, 3.8) is 0 Å². The molecule has 0 saturated carbocycles. The average molecular weight is 482 g/mol. The summed E-state index contributed by atoms with van der Waals surface area (Å²) in [6.45, 7) is 1.31. The zero-order valence-corrected chi connectivity index (χ0v) is 19.9. The van der Waals surface area contributed by atoms with E-state index in [1.165, 1.54) is 14.2 Å². The molecule has 0 aliphatic carbocycles. The number of aromatic nitrogens is 2. The zero-order chi connectivity index (χ0) is 24.0. The quantitative estimate of drug-likeness (QED) is 0.565. The molecule has 3 aromatic rings. The number of likely N-dealkylation sites (N-methyl/N-ethyl adjacent to an activating group) is 1. The van der Waals surface area contributed by atoms with Gasteiger partial charge in [-0.3, -0.25) is 14.5 Å². The van der Waals surface area contributed by atoms with E-state index in [-0.39, 0.29) is 24.8 Å². The summed E-state index contributed by atoms with van der Waals surface area (Å²) < 4.78 is 10.7. The van der Waals surface area contributed by atoms with Crippen LogP contribution in [0.1, 0.15) is 6.42 Å². The van der Waals surface area contributed by atoms with Gasteiger partial charge in [0.2, 0.25) is 11.8 Å². The number of ether oxygens (including phenoxy) is 2. The Kier molecular flexibility index (Phi) is 5.65. The van der Waals surface area contributed by atoms with Crippen molar-refractivity contribution in [2.24, 2.45) is 5.92 Å². The van der Waals surface area contributed by atoms with Crippen LogP contribution in [0, 0.1) is 5.92 Å². The fraction of sp³-hybridized carbons (Fsp3) is 0.333. The van der Waals surface area contributed by atoms with Crippen LogP contribution in [0.25, 0.3) is 11.0 Å². The van der Waals surface area contributed by atoms with Crippen molar-refractivity contribution in [1.29, 1.82) is 0 Å². The molecule has 2 amide bonds. The molecule has 176 valence electrons. The first-order valence-electron chi connectivity index (χ1n) is 10.9. The number of benzene rings is 2. The molecule has 0 bridgehead atoms. The summed E-state index contributed by atoms with van der Waals surface area (Å²) in [5.74, 6) is 1.23. The van der Waals surface area contributed by atoms with Crippen LogP contribution < -0.4 is 24.2 Å². The minimum Gasteiger partial charge on any atom is -0.495 e. The van der Waals surface area contributed by atoms with Crippen LogP contribution >= 0.6 is 11.6 Å². The molecule has 1 aromatic heterocycles. The van der Waals surface area contributed by atoms with Gasteiger partial charge in [0.15, 0.2) is 11.6 Å². The Bertz CT molecular complexity index is 1300. The first-order chi connectivity index (χ1) is 16.4. The highest BCUT2D eigenvalue weighted by Crippen LogP contribution is 2.41. The highest BCUT2D eigenvalue weighted by atomic mass is 35.5. The Balaban J connectivity index is 1.45. The molecule has 2 aliphatic heterocycles. The van der Waals surface area contributed by atoms with Gasteiger partial charge in [0, 0.05) is 39.2 Å². The molecule has 3 heterocycles. The maximum absolute atomic E-state index is 13.6. The second-order valence-electron chi connectivity index (χ2n) is 8.33. The van der Waals surface area contributed by atoms with Crippen molar-refractivity contribution in [2.75, 3.05) is 55.6 Å². The van der Waals surface area contributed by atoms with Crippen molar-refractivity contribution < 1.29 is 19.1 Å². The number of nitrogens with zero attached hydrogens (tertiary/aromatic N) is 5. The van der Waals surface area contributed by atoms with E-state index in [4.69, 9.17) is 31.0 Å². The third-order valence-corrected chi connectivity index (χ3v) is 6.59. The number of para-hydroxylation sites is 2. The van der Waals surface area contributed by atoms with E-state index in [0.717, 1.165) is 11.0 Å². The maximum Gasteiger partial charge on any atom is 0.233 e. The van der Waals surface area contributed by atoms with Gasteiger partial charge in [-0.1, -0.05) is 23.7 Å². The molecule has 0 radical (unpaired) electrons. The molecule has 5 rings (SSSR count). The Hall–Kier alpha value is -3.59. The number of rotatable bonds is 4. The molecular formula is C24H24ClN5O4. The molecule has 10 heteroatoms. The topological polar surface area (TPSA) is 88.1 Å². The van der Waals surface area contributed by atoms with E-state index in [9.17, 15) is 9.59 Å². The Morgan fingerprint density at radius 3 is 2.38 bits per heavy atom. The van der Waals surface area contributed by atoms with E-state index in [1.807, 2.05) is 36.2 Å². The maximum atomic E-state index is 13.6. The third-order valence-electron chi connectivity index (χ3n) is 6.30. The fourth-order valence-corrected chi connectivity index (χ4v) is 4.71. The average Bonchev–Trinajstić information content (AvgIpc) is 3.24. The molecule has 34 heavy (non-hydrogen) atoms. The molecule has 1 fully saturated rings. The molecule has 1 atom stereocenters. The van der Waals surface area contributed by atoms with Crippen molar-refractivity contribution >= 4 is 51.8 Å². The molecule has 1 saturated heterocycles. The number of hydrogen-bond donors (Lipinski definition) is 0. The summed E-state index contributed by atoms with van der Waals surface area (Å²) in [4.78, 5) is 41.3. The Morgan fingerprint density at radius 2 is 1.71 bits per heavy atom. The lowest BCUT2D eigenvalue weighted by Gasteiger charge is -2.34. The standard InChI is InChI=1S/C24H24ClN5O4/c1-28-8-9-29(23-22(28)26-16-6-4-5-7-17(16)27-23)24(32)14-10-21(31)30(13-14)18-11-15(25)19(33-2)12-20(18)34-3/h4-7,11-12,14H,8-10,13H2,1-3H3/t14-/m0/s1. The first-order valence-corrected chi connectivity index (χ1v) is 11.3. The number of hydrogen-bond acceptors (Lipinski definition) is 7. The second kappa shape index (κ2) is 8.64. The summed E-state index contributed by atoms with van der Waals surface area (Å²) in [5, 5.41) is 0.357. The molecule has 0 unspecified atom stereocenters. The van der Waals surface area contributed by atoms with Crippen LogP contribution in [0.4, 0.5) is 17.3 Å². The van der Waals surface area contributed by atoms with Gasteiger partial charge in [-0.2, -0.15) is 0 Å². The van der Waals surface area contributed by atoms with Crippen LogP contribution in [0.15, 0.2) is 36.4 Å². The fourth-order valence-electron chi connectivity index (χ4n) is 4.48. The SMILES string of the molecule is COc1cc(OC)c(N2C[C@@H](C(=O)N3CCN(C)c4nc5ccccc5nc43)CC2=O)cc1Cl. The van der Waals surface area contributed by atoms with E-state index < -0.39 is 5.92 Å². The molecular weight excluding hydrogens is 458 g/mol. The molecule has 0 N–H and O–H groups in total. The van der Waals surface area contributed by atoms with Gasteiger partial charge in [-0.05, 0) is 18.2 Å². The monoisotopic (exact) mass is 481 g/mol. The number of halogens is 1. The van der Waals surface area contributed by atoms with Crippen molar-refractivity contribution in [2.45, 2.75) is 6.42 Å². The number of carbonyl (C=O) groups is 2. The second-order valence-corrected chi connectivity index (χ2v) is 8.74. The molecule has 2 aliphatic rings. The minimum absolute atomic E-state index is 0.0916. The van der Waals surface area contributed by atoms with Gasteiger partial charge < -0.3 is 19.3 Å². The zero-order valence-electron chi connectivity index (χ0n) is 19.1. The summed E-state index contributed by atoms with van der Waals surface area (Å²) >= 11 is 6.31.